The van der Waals surface area contributed by atoms with Crippen LogP contribution in [0.4, 0.5) is 4.39 Å². The van der Waals surface area contributed by atoms with Crippen molar-refractivity contribution in [1.82, 2.24) is 20.0 Å². The number of nitrogens with zero attached hydrogens (tertiary/aromatic N) is 4. The summed E-state index contributed by atoms with van der Waals surface area (Å²) in [6.07, 6.45) is 0. The molecule has 5 nitrogen and oxygen atoms in total. The van der Waals surface area contributed by atoms with E-state index < -0.39 is 0 Å². The van der Waals surface area contributed by atoms with E-state index in [4.69, 9.17) is 16.6 Å². The molecule has 136 valence electrons. The van der Waals surface area contributed by atoms with Gasteiger partial charge in [0, 0.05) is 10.0 Å². The van der Waals surface area contributed by atoms with Crippen LogP contribution in [-0.4, -0.2) is 20.0 Å². The fourth-order valence-electron chi connectivity index (χ4n) is 2.21. The summed E-state index contributed by atoms with van der Waals surface area (Å²) in [7, 11) is 0. The maximum atomic E-state index is 13.1. The van der Waals surface area contributed by atoms with Crippen molar-refractivity contribution in [3.05, 3.63) is 68.7 Å². The molecule has 0 radical (unpaired) electrons. The molecule has 0 fully saturated rings. The Morgan fingerprint density at radius 3 is 2.59 bits per heavy atom. The highest BCUT2D eigenvalue weighted by molar-refractivity contribution is 9.10. The van der Waals surface area contributed by atoms with Gasteiger partial charge in [-0.3, -0.25) is 0 Å². The highest BCUT2D eigenvalue weighted by Gasteiger charge is 2.12. The first kappa shape index (κ1) is 18.5. The average Bonchev–Trinajstić information content (AvgIpc) is 3.28. The maximum Gasteiger partial charge on any atom is 0.247 e. The molecule has 0 amide bonds. The molecule has 0 saturated heterocycles. The first-order chi connectivity index (χ1) is 13.1. The predicted octanol–water partition coefficient (Wildman–Crippen LogP) is 5.91. The minimum atomic E-state index is -0.298. The number of rotatable bonds is 5. The van der Waals surface area contributed by atoms with Gasteiger partial charge in [-0.1, -0.05) is 39.0 Å². The van der Waals surface area contributed by atoms with Gasteiger partial charge < -0.3 is 4.42 Å². The molecule has 0 saturated carbocycles. The molecule has 0 aliphatic rings. The van der Waals surface area contributed by atoms with Gasteiger partial charge in [-0.2, -0.15) is 0 Å². The third kappa shape index (κ3) is 4.34. The molecule has 2 heterocycles. The van der Waals surface area contributed by atoms with E-state index in [9.17, 15) is 4.39 Å². The highest BCUT2D eigenvalue weighted by atomic mass is 79.9. The predicted molar refractivity (Wildman–Crippen MR) is 109 cm³/mol. The van der Waals surface area contributed by atoms with Crippen molar-refractivity contribution in [1.29, 1.82) is 0 Å². The van der Waals surface area contributed by atoms with Crippen LogP contribution < -0.4 is 0 Å². The van der Waals surface area contributed by atoms with Crippen LogP contribution in [0.25, 0.3) is 17.1 Å². The number of hydrogen-bond acceptors (Lipinski definition) is 7. The van der Waals surface area contributed by atoms with E-state index >= 15 is 0 Å². The Labute approximate surface area is 175 Å². The fraction of sp³-hybridized carbons (Fsp3) is 0.0588. The second-order valence-electron chi connectivity index (χ2n) is 5.32. The molecule has 10 heteroatoms. The summed E-state index contributed by atoms with van der Waals surface area (Å²) >= 11 is 11.6. The van der Waals surface area contributed by atoms with Crippen molar-refractivity contribution in [2.45, 2.75) is 10.1 Å². The van der Waals surface area contributed by atoms with E-state index in [-0.39, 0.29) is 5.82 Å². The van der Waals surface area contributed by atoms with E-state index in [2.05, 4.69) is 31.2 Å². The lowest BCUT2D eigenvalue weighted by Gasteiger charge is -1.99. The van der Waals surface area contributed by atoms with Crippen LogP contribution in [0.15, 0.2) is 61.8 Å². The SMILES string of the molecule is Fc1ccc(-n2nc(SCc3nnc(-c4ccc(Br)cc4)o3)sc2=S)cc1. The Kier molecular flexibility index (Phi) is 5.48. The second kappa shape index (κ2) is 8.01. The Morgan fingerprint density at radius 2 is 1.85 bits per heavy atom. The molecule has 2 aromatic heterocycles. The molecule has 0 spiro atoms. The van der Waals surface area contributed by atoms with Gasteiger partial charge in [0.25, 0.3) is 0 Å². The van der Waals surface area contributed by atoms with Crippen LogP contribution >= 0.6 is 51.2 Å². The van der Waals surface area contributed by atoms with E-state index in [0.29, 0.717) is 21.5 Å². The highest BCUT2D eigenvalue weighted by Crippen LogP contribution is 2.28. The van der Waals surface area contributed by atoms with Gasteiger partial charge in [0.1, 0.15) is 5.82 Å². The van der Waals surface area contributed by atoms with Gasteiger partial charge in [-0.15, -0.1) is 15.3 Å². The first-order valence-electron chi connectivity index (χ1n) is 7.66. The van der Waals surface area contributed by atoms with E-state index in [1.54, 1.807) is 16.8 Å². The minimum Gasteiger partial charge on any atom is -0.420 e. The zero-order valence-electron chi connectivity index (χ0n) is 13.5. The number of halogens is 2. The largest absolute Gasteiger partial charge is 0.420 e. The second-order valence-corrected chi connectivity index (χ2v) is 9.08. The summed E-state index contributed by atoms with van der Waals surface area (Å²) in [5.41, 5.74) is 1.58. The first-order valence-corrected chi connectivity index (χ1v) is 10.7. The van der Waals surface area contributed by atoms with Crippen molar-refractivity contribution in [3.63, 3.8) is 0 Å². The summed E-state index contributed by atoms with van der Waals surface area (Å²) in [5, 5.41) is 12.6. The third-order valence-corrected chi connectivity index (χ3v) is 6.36. The lowest BCUT2D eigenvalue weighted by atomic mass is 10.2. The molecule has 2 aromatic carbocycles. The maximum absolute atomic E-state index is 13.1. The number of aromatic nitrogens is 4. The van der Waals surface area contributed by atoms with Crippen LogP contribution in [0.5, 0.6) is 0 Å². The van der Waals surface area contributed by atoms with Crippen molar-refractivity contribution >= 4 is 51.2 Å². The zero-order chi connectivity index (χ0) is 18.8. The van der Waals surface area contributed by atoms with Crippen LogP contribution in [0, 0.1) is 9.77 Å². The minimum absolute atomic E-state index is 0.298. The van der Waals surface area contributed by atoms with Crippen LogP contribution in [-0.2, 0) is 5.75 Å². The molecule has 0 aliphatic carbocycles. The van der Waals surface area contributed by atoms with Gasteiger partial charge in [0.05, 0.1) is 11.4 Å². The molecule has 4 aromatic rings. The van der Waals surface area contributed by atoms with Crippen molar-refractivity contribution in [3.8, 4) is 17.1 Å². The summed E-state index contributed by atoms with van der Waals surface area (Å²) in [5.74, 6) is 1.16. The Hall–Kier alpha value is -1.88. The van der Waals surface area contributed by atoms with Crippen molar-refractivity contribution < 1.29 is 8.81 Å². The molecule has 27 heavy (non-hydrogen) atoms. The van der Waals surface area contributed by atoms with Crippen molar-refractivity contribution in [2.75, 3.05) is 0 Å². The Morgan fingerprint density at radius 1 is 1.11 bits per heavy atom. The number of benzene rings is 2. The molecule has 0 atom stereocenters. The topological polar surface area (TPSA) is 56.7 Å². The summed E-state index contributed by atoms with van der Waals surface area (Å²) in [6, 6.07) is 13.7. The van der Waals surface area contributed by atoms with Crippen LogP contribution in [0.2, 0.25) is 0 Å². The molecular weight excluding hydrogens is 471 g/mol. The van der Waals surface area contributed by atoms with Gasteiger partial charge in [0.15, 0.2) is 8.29 Å². The van der Waals surface area contributed by atoms with Crippen molar-refractivity contribution in [2.24, 2.45) is 0 Å². The lowest BCUT2D eigenvalue weighted by molar-refractivity contribution is 0.528. The van der Waals surface area contributed by atoms with E-state index in [0.717, 1.165) is 20.1 Å². The molecule has 4 rings (SSSR count). The van der Waals surface area contributed by atoms with Gasteiger partial charge in [0.2, 0.25) is 11.8 Å². The van der Waals surface area contributed by atoms with E-state index in [1.807, 2.05) is 24.3 Å². The molecular formula is C17H10BrFN4OS3. The smallest absolute Gasteiger partial charge is 0.247 e. The number of thioether (sulfide) groups is 1. The molecule has 0 aliphatic heterocycles. The van der Waals surface area contributed by atoms with Gasteiger partial charge in [-0.05, 0) is 60.7 Å². The quantitative estimate of drug-likeness (QED) is 0.261. The van der Waals surface area contributed by atoms with E-state index in [1.165, 1.54) is 35.2 Å². The normalized spacial score (nSPS) is 11.0. The third-order valence-electron chi connectivity index (χ3n) is 3.48. The fourth-order valence-corrected chi connectivity index (χ4v) is 4.67. The Balaban J connectivity index is 1.46. The monoisotopic (exact) mass is 480 g/mol. The zero-order valence-corrected chi connectivity index (χ0v) is 17.5. The summed E-state index contributed by atoms with van der Waals surface area (Å²) in [6.45, 7) is 0. The van der Waals surface area contributed by atoms with Gasteiger partial charge in [-0.25, -0.2) is 9.07 Å². The summed E-state index contributed by atoms with van der Waals surface area (Å²) in [4.78, 5) is 0. The molecule has 0 N–H and O–H groups in total. The number of hydrogen-bond donors (Lipinski definition) is 0. The molecule has 0 unspecified atom stereocenters. The Bertz CT molecular complexity index is 1120. The lowest BCUT2D eigenvalue weighted by Crippen LogP contribution is -1.96. The molecule has 0 bridgehead atoms. The van der Waals surface area contributed by atoms with Crippen LogP contribution in [0.3, 0.4) is 0 Å². The van der Waals surface area contributed by atoms with Gasteiger partial charge >= 0.3 is 0 Å². The standard InChI is InChI=1S/C17H10BrFN4OS3/c18-11-3-1-10(2-4-11)15-21-20-14(24-15)9-26-16-22-23(17(25)27-16)13-7-5-12(19)6-8-13/h1-8H,9H2. The summed E-state index contributed by atoms with van der Waals surface area (Å²) < 4.78 is 22.7. The average molecular weight is 481 g/mol. The van der Waals surface area contributed by atoms with Crippen LogP contribution in [0.1, 0.15) is 5.89 Å².